The number of anilines is 1. The second-order valence-electron chi connectivity index (χ2n) is 5.20. The van der Waals surface area contributed by atoms with E-state index in [1.807, 2.05) is 30.3 Å². The van der Waals surface area contributed by atoms with Crippen LogP contribution in [0.3, 0.4) is 0 Å². The fourth-order valence-electron chi connectivity index (χ4n) is 2.40. The molecule has 3 rings (SSSR count). The molecule has 1 amide bonds. The number of aromatic amines is 1. The minimum absolute atomic E-state index is 0.294. The van der Waals surface area contributed by atoms with Gasteiger partial charge in [-0.25, -0.2) is 0 Å². The Kier molecular flexibility index (Phi) is 4.90. The van der Waals surface area contributed by atoms with Crippen molar-refractivity contribution in [3.8, 4) is 22.8 Å². The third kappa shape index (κ3) is 3.59. The highest BCUT2D eigenvalue weighted by Crippen LogP contribution is 2.36. The van der Waals surface area contributed by atoms with Crippen LogP contribution in [0.5, 0.6) is 11.5 Å². The topological polar surface area (TPSA) is 76.2 Å². The van der Waals surface area contributed by atoms with Gasteiger partial charge in [0.15, 0.2) is 11.5 Å². The van der Waals surface area contributed by atoms with Crippen LogP contribution in [0, 0.1) is 0 Å². The van der Waals surface area contributed by atoms with E-state index in [2.05, 4.69) is 15.5 Å². The lowest BCUT2D eigenvalue weighted by atomic mass is 10.1. The predicted octanol–water partition coefficient (Wildman–Crippen LogP) is 4.00. The number of methoxy groups -OCH3 is 2. The molecule has 0 bridgehead atoms. The maximum absolute atomic E-state index is 12.5. The first-order valence-corrected chi connectivity index (χ1v) is 7.83. The number of amides is 1. The number of hydrogen-bond acceptors (Lipinski definition) is 4. The van der Waals surface area contributed by atoms with Gasteiger partial charge in [0.05, 0.1) is 24.9 Å². The van der Waals surface area contributed by atoms with Crippen molar-refractivity contribution >= 4 is 23.2 Å². The quantitative estimate of drug-likeness (QED) is 0.723. The van der Waals surface area contributed by atoms with E-state index < -0.39 is 0 Å². The molecular weight excluding hydrogens is 342 g/mol. The average molecular weight is 358 g/mol. The van der Waals surface area contributed by atoms with Gasteiger partial charge in [0.25, 0.3) is 5.91 Å². The first kappa shape index (κ1) is 16.9. The number of benzene rings is 2. The minimum Gasteiger partial charge on any atom is -0.493 e. The van der Waals surface area contributed by atoms with Crippen LogP contribution >= 0.6 is 11.6 Å². The standard InChI is InChI=1S/C18H16ClN3O3/c1-24-16-10-12(9-14(19)17(16)25-2)18(23)21-13-5-3-11(4-6-13)15-7-8-20-22-15/h3-10H,1-2H3,(H,20,22)(H,21,23). The number of ether oxygens (including phenoxy) is 2. The van der Waals surface area contributed by atoms with Crippen LogP contribution in [0.4, 0.5) is 5.69 Å². The van der Waals surface area contributed by atoms with Gasteiger partial charge < -0.3 is 14.8 Å². The van der Waals surface area contributed by atoms with Crippen molar-refractivity contribution < 1.29 is 14.3 Å². The van der Waals surface area contributed by atoms with Crippen LogP contribution in [0.1, 0.15) is 10.4 Å². The Hall–Kier alpha value is -2.99. The summed E-state index contributed by atoms with van der Waals surface area (Å²) in [6.45, 7) is 0. The van der Waals surface area contributed by atoms with E-state index in [0.29, 0.717) is 27.8 Å². The van der Waals surface area contributed by atoms with Gasteiger partial charge in [-0.05, 0) is 35.9 Å². The van der Waals surface area contributed by atoms with Crippen LogP contribution in [-0.4, -0.2) is 30.3 Å². The first-order chi connectivity index (χ1) is 12.1. The Morgan fingerprint density at radius 1 is 1.12 bits per heavy atom. The van der Waals surface area contributed by atoms with E-state index >= 15 is 0 Å². The number of carbonyl (C=O) groups excluding carboxylic acids is 1. The summed E-state index contributed by atoms with van der Waals surface area (Å²) in [5.41, 5.74) is 2.92. The molecule has 3 aromatic rings. The monoisotopic (exact) mass is 357 g/mol. The molecular formula is C18H16ClN3O3. The third-order valence-electron chi connectivity index (χ3n) is 3.65. The van der Waals surface area contributed by atoms with E-state index in [4.69, 9.17) is 21.1 Å². The molecule has 128 valence electrons. The van der Waals surface area contributed by atoms with Crippen molar-refractivity contribution in [3.63, 3.8) is 0 Å². The van der Waals surface area contributed by atoms with Crippen LogP contribution in [0.25, 0.3) is 11.3 Å². The summed E-state index contributed by atoms with van der Waals surface area (Å²) in [4.78, 5) is 12.5. The predicted molar refractivity (Wildman–Crippen MR) is 96.5 cm³/mol. The van der Waals surface area contributed by atoms with Crippen LogP contribution in [0.2, 0.25) is 5.02 Å². The Balaban J connectivity index is 1.79. The highest BCUT2D eigenvalue weighted by Gasteiger charge is 2.15. The van der Waals surface area contributed by atoms with Crippen molar-refractivity contribution in [2.24, 2.45) is 0 Å². The summed E-state index contributed by atoms with van der Waals surface area (Å²) in [5.74, 6) is 0.497. The van der Waals surface area contributed by atoms with Crippen molar-refractivity contribution in [1.82, 2.24) is 10.2 Å². The number of nitrogens with zero attached hydrogens (tertiary/aromatic N) is 1. The van der Waals surface area contributed by atoms with Crippen LogP contribution < -0.4 is 14.8 Å². The van der Waals surface area contributed by atoms with E-state index in [-0.39, 0.29) is 5.91 Å². The Morgan fingerprint density at radius 2 is 1.88 bits per heavy atom. The summed E-state index contributed by atoms with van der Waals surface area (Å²) in [7, 11) is 2.98. The molecule has 25 heavy (non-hydrogen) atoms. The first-order valence-electron chi connectivity index (χ1n) is 7.45. The van der Waals surface area contributed by atoms with Gasteiger partial charge in [0.2, 0.25) is 0 Å². The Labute approximate surface area is 149 Å². The molecule has 0 spiro atoms. The summed E-state index contributed by atoms with van der Waals surface area (Å²) in [5, 5.41) is 9.94. The van der Waals surface area contributed by atoms with E-state index in [1.165, 1.54) is 20.3 Å². The second-order valence-corrected chi connectivity index (χ2v) is 5.60. The molecule has 6 nitrogen and oxygen atoms in total. The second kappa shape index (κ2) is 7.27. The van der Waals surface area contributed by atoms with Gasteiger partial charge in [-0.3, -0.25) is 9.89 Å². The number of carbonyl (C=O) groups is 1. The molecule has 0 saturated heterocycles. The number of nitrogens with one attached hydrogen (secondary N) is 2. The molecule has 0 aliphatic heterocycles. The van der Waals surface area contributed by atoms with Crippen LogP contribution in [-0.2, 0) is 0 Å². The highest BCUT2D eigenvalue weighted by molar-refractivity contribution is 6.32. The van der Waals surface area contributed by atoms with Crippen LogP contribution in [0.15, 0.2) is 48.7 Å². The number of halogens is 1. The molecule has 0 fully saturated rings. The smallest absolute Gasteiger partial charge is 0.255 e. The largest absolute Gasteiger partial charge is 0.493 e. The number of rotatable bonds is 5. The molecule has 1 heterocycles. The molecule has 0 unspecified atom stereocenters. The van der Waals surface area contributed by atoms with Gasteiger partial charge >= 0.3 is 0 Å². The number of H-pyrrole nitrogens is 1. The maximum Gasteiger partial charge on any atom is 0.255 e. The zero-order valence-corrected chi connectivity index (χ0v) is 14.4. The molecule has 0 aliphatic carbocycles. The van der Waals surface area contributed by atoms with Crippen molar-refractivity contribution in [2.75, 3.05) is 19.5 Å². The molecule has 1 aromatic heterocycles. The molecule has 2 N–H and O–H groups in total. The summed E-state index contributed by atoms with van der Waals surface area (Å²) >= 11 is 6.14. The maximum atomic E-state index is 12.5. The SMILES string of the molecule is COc1cc(C(=O)Nc2ccc(-c3ccn[nH]3)cc2)cc(Cl)c1OC. The normalized spacial score (nSPS) is 10.4. The van der Waals surface area contributed by atoms with E-state index in [0.717, 1.165) is 11.3 Å². The lowest BCUT2D eigenvalue weighted by Crippen LogP contribution is -2.12. The van der Waals surface area contributed by atoms with Gasteiger partial charge in [-0.2, -0.15) is 5.10 Å². The van der Waals surface area contributed by atoms with E-state index in [1.54, 1.807) is 12.3 Å². The molecule has 2 aromatic carbocycles. The molecule has 7 heteroatoms. The Bertz CT molecular complexity index is 877. The Morgan fingerprint density at radius 3 is 2.48 bits per heavy atom. The van der Waals surface area contributed by atoms with Gasteiger partial charge in [-0.1, -0.05) is 23.7 Å². The molecule has 0 saturated carbocycles. The fourth-order valence-corrected chi connectivity index (χ4v) is 2.69. The molecule has 0 atom stereocenters. The van der Waals surface area contributed by atoms with E-state index in [9.17, 15) is 4.79 Å². The fraction of sp³-hybridized carbons (Fsp3) is 0.111. The van der Waals surface area contributed by atoms with Gasteiger partial charge in [0.1, 0.15) is 0 Å². The average Bonchev–Trinajstić information content (AvgIpc) is 3.16. The van der Waals surface area contributed by atoms with Gasteiger partial charge in [-0.15, -0.1) is 0 Å². The number of hydrogen-bond donors (Lipinski definition) is 2. The van der Waals surface area contributed by atoms with Crippen molar-refractivity contribution in [3.05, 3.63) is 59.2 Å². The van der Waals surface area contributed by atoms with Gasteiger partial charge in [0, 0.05) is 17.4 Å². The zero-order chi connectivity index (χ0) is 17.8. The molecule has 0 radical (unpaired) electrons. The summed E-state index contributed by atoms with van der Waals surface area (Å²) in [6, 6.07) is 12.4. The summed E-state index contributed by atoms with van der Waals surface area (Å²) in [6.07, 6.45) is 1.69. The van der Waals surface area contributed by atoms with Crippen molar-refractivity contribution in [2.45, 2.75) is 0 Å². The zero-order valence-electron chi connectivity index (χ0n) is 13.7. The number of aromatic nitrogens is 2. The minimum atomic E-state index is -0.294. The highest BCUT2D eigenvalue weighted by atomic mass is 35.5. The third-order valence-corrected chi connectivity index (χ3v) is 3.93. The summed E-state index contributed by atoms with van der Waals surface area (Å²) < 4.78 is 10.4. The van der Waals surface area contributed by atoms with Crippen molar-refractivity contribution in [1.29, 1.82) is 0 Å². The lowest BCUT2D eigenvalue weighted by molar-refractivity contribution is 0.102. The molecule has 0 aliphatic rings. The lowest BCUT2D eigenvalue weighted by Gasteiger charge is -2.12.